The predicted molar refractivity (Wildman–Crippen MR) is 81.8 cm³/mol. The van der Waals surface area contributed by atoms with Crippen molar-refractivity contribution in [3.05, 3.63) is 46.4 Å². The first-order valence-corrected chi connectivity index (χ1v) is 7.15. The van der Waals surface area contributed by atoms with Crippen LogP contribution in [0.1, 0.15) is 16.8 Å². The average molecular weight is 274 g/mol. The summed E-state index contributed by atoms with van der Waals surface area (Å²) in [6, 6.07) is 9.79. The highest BCUT2D eigenvalue weighted by Crippen LogP contribution is 2.13. The molecule has 0 unspecified atom stereocenters. The minimum absolute atomic E-state index is 0.443. The molecule has 0 aliphatic carbocycles. The molecular formula is C14H18N4S. The van der Waals surface area contributed by atoms with Crippen LogP contribution in [-0.2, 0) is 12.8 Å². The number of thiazole rings is 1. The van der Waals surface area contributed by atoms with Crippen LogP contribution in [0.5, 0.6) is 0 Å². The van der Waals surface area contributed by atoms with Crippen LogP contribution in [0.15, 0.2) is 41.5 Å². The normalized spacial score (nSPS) is 11.5. The molecule has 2 aromatic rings. The molecule has 100 valence electrons. The molecule has 5 heteroatoms. The largest absolute Gasteiger partial charge is 0.370 e. The van der Waals surface area contributed by atoms with Gasteiger partial charge in [0.25, 0.3) is 0 Å². The number of nitrogens with one attached hydrogen (secondary N) is 1. The number of guanidine groups is 1. The number of rotatable bonds is 5. The van der Waals surface area contributed by atoms with E-state index in [1.54, 1.807) is 11.3 Å². The number of nitrogens with two attached hydrogens (primary N) is 1. The molecule has 0 spiro atoms. The van der Waals surface area contributed by atoms with Crippen molar-refractivity contribution in [1.82, 2.24) is 4.98 Å². The van der Waals surface area contributed by atoms with Crippen molar-refractivity contribution in [3.63, 3.8) is 0 Å². The van der Waals surface area contributed by atoms with Crippen LogP contribution in [0.4, 0.5) is 5.69 Å². The molecule has 0 fully saturated rings. The highest BCUT2D eigenvalue weighted by molar-refractivity contribution is 7.11. The van der Waals surface area contributed by atoms with Crippen LogP contribution in [0.25, 0.3) is 0 Å². The van der Waals surface area contributed by atoms with Gasteiger partial charge in [-0.15, -0.1) is 11.3 Å². The summed E-state index contributed by atoms with van der Waals surface area (Å²) in [6.45, 7) is 2.79. The Morgan fingerprint density at radius 3 is 2.84 bits per heavy atom. The molecule has 3 N–H and O–H groups in total. The zero-order valence-electron chi connectivity index (χ0n) is 11.0. The van der Waals surface area contributed by atoms with E-state index in [0.717, 1.165) is 23.5 Å². The fourth-order valence-corrected chi connectivity index (χ4v) is 2.46. The van der Waals surface area contributed by atoms with Gasteiger partial charge in [-0.05, 0) is 18.6 Å². The van der Waals surface area contributed by atoms with Crippen molar-refractivity contribution in [2.24, 2.45) is 10.7 Å². The third-order valence-electron chi connectivity index (χ3n) is 2.60. The Morgan fingerprint density at radius 2 is 2.16 bits per heavy atom. The van der Waals surface area contributed by atoms with Gasteiger partial charge in [-0.25, -0.2) is 4.98 Å². The summed E-state index contributed by atoms with van der Waals surface area (Å²) < 4.78 is 0. The summed E-state index contributed by atoms with van der Waals surface area (Å²) in [5, 5.41) is 4.17. The zero-order valence-corrected chi connectivity index (χ0v) is 11.8. The second kappa shape index (κ2) is 6.89. The second-order valence-corrected chi connectivity index (χ2v) is 5.28. The number of benzene rings is 1. The first-order valence-electron chi connectivity index (χ1n) is 6.33. The maximum absolute atomic E-state index is 5.82. The molecule has 0 aliphatic rings. The van der Waals surface area contributed by atoms with Gasteiger partial charge in [0.2, 0.25) is 0 Å². The Balaban J connectivity index is 1.81. The zero-order chi connectivity index (χ0) is 13.5. The van der Waals surface area contributed by atoms with E-state index < -0.39 is 0 Å². The smallest absolute Gasteiger partial charge is 0.193 e. The van der Waals surface area contributed by atoms with E-state index in [1.165, 1.54) is 4.88 Å². The topological polar surface area (TPSA) is 63.3 Å². The standard InChI is InChI=1S/C14H18N4S/c1-2-12-10-17-13(19-12)8-9-16-14(15)18-11-6-4-3-5-7-11/h3-7,10H,2,8-9H2,1H3,(H3,15,16,18). The first-order chi connectivity index (χ1) is 9.28. The maximum atomic E-state index is 5.82. The number of para-hydroxylation sites is 1. The lowest BCUT2D eigenvalue weighted by Crippen LogP contribution is -2.22. The SMILES string of the molecule is CCc1cnc(CCN=C(N)Nc2ccccc2)s1. The van der Waals surface area contributed by atoms with Crippen LogP contribution in [0.3, 0.4) is 0 Å². The molecule has 0 saturated carbocycles. The molecule has 0 bridgehead atoms. The molecule has 0 saturated heterocycles. The summed E-state index contributed by atoms with van der Waals surface area (Å²) >= 11 is 1.75. The Hall–Kier alpha value is -1.88. The highest BCUT2D eigenvalue weighted by Gasteiger charge is 2.00. The van der Waals surface area contributed by atoms with E-state index in [2.05, 4.69) is 22.2 Å². The quantitative estimate of drug-likeness (QED) is 0.651. The van der Waals surface area contributed by atoms with E-state index in [0.29, 0.717) is 12.5 Å². The third-order valence-corrected chi connectivity index (χ3v) is 3.81. The summed E-state index contributed by atoms with van der Waals surface area (Å²) in [5.74, 6) is 0.443. The van der Waals surface area contributed by atoms with Gasteiger partial charge in [0, 0.05) is 29.7 Å². The Labute approximate surface area is 117 Å². The number of hydrogen-bond acceptors (Lipinski definition) is 3. The molecule has 2 rings (SSSR count). The predicted octanol–water partition coefficient (Wildman–Crippen LogP) is 2.67. The van der Waals surface area contributed by atoms with Crippen molar-refractivity contribution in [2.45, 2.75) is 19.8 Å². The van der Waals surface area contributed by atoms with E-state index in [9.17, 15) is 0 Å². The molecule has 0 aliphatic heterocycles. The lowest BCUT2D eigenvalue weighted by molar-refractivity contribution is 0.949. The van der Waals surface area contributed by atoms with Gasteiger partial charge in [0.1, 0.15) is 0 Å². The fourth-order valence-electron chi connectivity index (χ4n) is 1.61. The number of nitrogens with zero attached hydrogens (tertiary/aromatic N) is 2. The Morgan fingerprint density at radius 1 is 1.37 bits per heavy atom. The molecule has 0 atom stereocenters. The van der Waals surface area contributed by atoms with Crippen molar-refractivity contribution >= 4 is 23.0 Å². The number of aromatic nitrogens is 1. The number of anilines is 1. The van der Waals surface area contributed by atoms with Crippen LogP contribution in [0, 0.1) is 0 Å². The molecule has 1 aromatic heterocycles. The fraction of sp³-hybridized carbons (Fsp3) is 0.286. The monoisotopic (exact) mass is 274 g/mol. The van der Waals surface area contributed by atoms with E-state index in [4.69, 9.17) is 5.73 Å². The molecular weight excluding hydrogens is 256 g/mol. The molecule has 19 heavy (non-hydrogen) atoms. The van der Waals surface area contributed by atoms with E-state index in [1.807, 2.05) is 36.5 Å². The van der Waals surface area contributed by atoms with Crippen molar-refractivity contribution in [3.8, 4) is 0 Å². The van der Waals surface area contributed by atoms with Crippen molar-refractivity contribution in [1.29, 1.82) is 0 Å². The minimum Gasteiger partial charge on any atom is -0.370 e. The van der Waals surface area contributed by atoms with Gasteiger partial charge in [0.15, 0.2) is 5.96 Å². The summed E-state index contributed by atoms with van der Waals surface area (Å²) in [7, 11) is 0. The van der Waals surface area contributed by atoms with Gasteiger partial charge in [-0.1, -0.05) is 25.1 Å². The Bertz CT molecular complexity index is 533. The van der Waals surface area contributed by atoms with Gasteiger partial charge in [-0.3, -0.25) is 4.99 Å². The molecule has 1 aromatic carbocycles. The van der Waals surface area contributed by atoms with Crippen molar-refractivity contribution < 1.29 is 0 Å². The van der Waals surface area contributed by atoms with Crippen LogP contribution in [-0.4, -0.2) is 17.5 Å². The van der Waals surface area contributed by atoms with Crippen molar-refractivity contribution in [2.75, 3.05) is 11.9 Å². The first kappa shape index (κ1) is 13.5. The molecule has 4 nitrogen and oxygen atoms in total. The third kappa shape index (κ3) is 4.37. The highest BCUT2D eigenvalue weighted by atomic mass is 32.1. The summed E-state index contributed by atoms with van der Waals surface area (Å²) in [5.41, 5.74) is 6.77. The second-order valence-electron chi connectivity index (χ2n) is 4.08. The van der Waals surface area contributed by atoms with Gasteiger partial charge in [0.05, 0.1) is 5.01 Å². The lowest BCUT2D eigenvalue weighted by atomic mass is 10.3. The minimum atomic E-state index is 0.443. The van der Waals surface area contributed by atoms with E-state index in [-0.39, 0.29) is 0 Å². The Kier molecular flexibility index (Phi) is 4.92. The van der Waals surface area contributed by atoms with Gasteiger partial charge in [-0.2, -0.15) is 0 Å². The number of aliphatic imine (C=N–C) groups is 1. The van der Waals surface area contributed by atoms with E-state index >= 15 is 0 Å². The molecule has 0 amide bonds. The lowest BCUT2D eigenvalue weighted by Gasteiger charge is -2.04. The van der Waals surface area contributed by atoms with Gasteiger partial charge >= 0.3 is 0 Å². The number of hydrogen-bond donors (Lipinski definition) is 2. The summed E-state index contributed by atoms with van der Waals surface area (Å²) in [6.07, 6.45) is 3.82. The van der Waals surface area contributed by atoms with Crippen LogP contribution < -0.4 is 11.1 Å². The average Bonchev–Trinajstić information content (AvgIpc) is 2.88. The summed E-state index contributed by atoms with van der Waals surface area (Å²) in [4.78, 5) is 9.97. The maximum Gasteiger partial charge on any atom is 0.193 e. The van der Waals surface area contributed by atoms with Crippen LogP contribution >= 0.6 is 11.3 Å². The van der Waals surface area contributed by atoms with Crippen LogP contribution in [0.2, 0.25) is 0 Å². The number of aryl methyl sites for hydroxylation is 1. The van der Waals surface area contributed by atoms with Gasteiger partial charge < -0.3 is 11.1 Å². The molecule has 0 radical (unpaired) electrons. The molecule has 1 heterocycles.